The molecule has 1 atom stereocenters. The van der Waals surface area contributed by atoms with Crippen LogP contribution in [0.4, 0.5) is 0 Å². The van der Waals surface area contributed by atoms with Crippen molar-refractivity contribution in [2.24, 2.45) is 5.73 Å². The first-order valence-corrected chi connectivity index (χ1v) is 4.59. The Kier molecular flexibility index (Phi) is 2.99. The normalized spacial score (nSPS) is 26.8. The molecule has 1 aliphatic heterocycles. The minimum absolute atomic E-state index is 0.179. The van der Waals surface area contributed by atoms with E-state index in [1.807, 2.05) is 5.41 Å². The molecule has 1 unspecified atom stereocenters. The second-order valence-corrected chi connectivity index (χ2v) is 3.67. The van der Waals surface area contributed by atoms with Crippen molar-refractivity contribution in [2.75, 3.05) is 6.61 Å². The van der Waals surface area contributed by atoms with Crippen LogP contribution in [0.25, 0.3) is 0 Å². The lowest BCUT2D eigenvalue weighted by atomic mass is 10.3. The lowest BCUT2D eigenvalue weighted by molar-refractivity contribution is -0.143. The van der Waals surface area contributed by atoms with Gasteiger partial charge in [-0.25, -0.2) is 0 Å². The van der Waals surface area contributed by atoms with Gasteiger partial charge in [-0.2, -0.15) is 0 Å². The van der Waals surface area contributed by atoms with Gasteiger partial charge >= 0.3 is 5.97 Å². The summed E-state index contributed by atoms with van der Waals surface area (Å²) in [5.41, 5.74) is 5.78. The molecule has 12 heavy (non-hydrogen) atoms. The molecule has 0 fully saturated rings. The average molecular weight is 188 g/mol. The number of esters is 1. The third-order valence-corrected chi connectivity index (χ3v) is 2.34. The van der Waals surface area contributed by atoms with Crippen LogP contribution in [-0.4, -0.2) is 17.6 Å². The fraction of sp³-hybridized carbons (Fsp3) is 0.571. The van der Waals surface area contributed by atoms with Gasteiger partial charge in [0.05, 0.1) is 13.0 Å². The summed E-state index contributed by atoms with van der Waals surface area (Å²) in [5, 5.41) is 4.70. The third-order valence-electron chi connectivity index (χ3n) is 1.39. The third kappa shape index (κ3) is 2.42. The smallest absolute Gasteiger partial charge is 0.310 e. The zero-order valence-electron chi connectivity index (χ0n) is 6.87. The van der Waals surface area contributed by atoms with Gasteiger partial charge in [-0.05, 0) is 12.3 Å². The summed E-state index contributed by atoms with van der Waals surface area (Å²) in [6, 6.07) is 0. The van der Waals surface area contributed by atoms with E-state index in [1.165, 1.54) is 11.8 Å². The number of rotatable bonds is 3. The largest absolute Gasteiger partial charge is 0.466 e. The summed E-state index contributed by atoms with van der Waals surface area (Å²) >= 11 is 1.38. The predicted molar refractivity (Wildman–Crippen MR) is 48.0 cm³/mol. The summed E-state index contributed by atoms with van der Waals surface area (Å²) in [4.78, 5) is 10.3. The Morgan fingerprint density at radius 3 is 3.08 bits per heavy atom. The molecule has 68 valence electrons. The Hall–Kier alpha value is -0.680. The Bertz CT molecular complexity index is 198. The van der Waals surface area contributed by atoms with Crippen LogP contribution in [-0.2, 0) is 9.53 Å². The number of carbonyl (C=O) groups is 1. The minimum Gasteiger partial charge on any atom is -0.466 e. The Balaban J connectivity index is 2.34. The molecule has 5 heteroatoms. The Morgan fingerprint density at radius 2 is 2.58 bits per heavy atom. The molecule has 0 radical (unpaired) electrons. The van der Waals surface area contributed by atoms with Crippen molar-refractivity contribution in [3.63, 3.8) is 0 Å². The van der Waals surface area contributed by atoms with Crippen LogP contribution in [0.15, 0.2) is 11.6 Å². The predicted octanol–water partition coefficient (Wildman–Crippen LogP) is 0.360. The molecule has 1 aliphatic rings. The summed E-state index contributed by atoms with van der Waals surface area (Å²) in [5.74, 6) is -0.274. The van der Waals surface area contributed by atoms with Crippen molar-refractivity contribution >= 4 is 17.7 Å². The second kappa shape index (κ2) is 3.82. The van der Waals surface area contributed by atoms with Crippen LogP contribution < -0.4 is 11.1 Å². The number of hydrogen-bond acceptors (Lipinski definition) is 5. The maximum absolute atomic E-state index is 11.0. The molecule has 0 saturated carbocycles. The van der Waals surface area contributed by atoms with Gasteiger partial charge in [0, 0.05) is 6.20 Å². The molecule has 3 N–H and O–H groups in total. The lowest BCUT2D eigenvalue weighted by Crippen LogP contribution is -2.47. The van der Waals surface area contributed by atoms with E-state index >= 15 is 0 Å². The zero-order valence-corrected chi connectivity index (χ0v) is 7.69. The molecule has 0 saturated heterocycles. The van der Waals surface area contributed by atoms with E-state index in [0.29, 0.717) is 6.61 Å². The Labute approximate surface area is 75.5 Å². The maximum atomic E-state index is 11.0. The summed E-state index contributed by atoms with van der Waals surface area (Å²) in [6.45, 7) is 2.17. The first kappa shape index (κ1) is 9.41. The van der Waals surface area contributed by atoms with E-state index in [0.717, 1.165) is 0 Å². The van der Waals surface area contributed by atoms with Gasteiger partial charge in [0.2, 0.25) is 0 Å². The molecule has 1 rings (SSSR count). The van der Waals surface area contributed by atoms with Gasteiger partial charge in [-0.15, -0.1) is 0 Å². The van der Waals surface area contributed by atoms with Gasteiger partial charge < -0.3 is 10.1 Å². The summed E-state index contributed by atoms with van der Waals surface area (Å²) in [6.07, 6.45) is 1.91. The topological polar surface area (TPSA) is 64.3 Å². The van der Waals surface area contributed by atoms with Crippen LogP contribution in [0, 0.1) is 0 Å². The molecular weight excluding hydrogens is 176 g/mol. The maximum Gasteiger partial charge on any atom is 0.310 e. The molecule has 4 nitrogen and oxygen atoms in total. The van der Waals surface area contributed by atoms with Crippen LogP contribution >= 0.6 is 11.8 Å². The van der Waals surface area contributed by atoms with E-state index in [-0.39, 0.29) is 12.4 Å². The number of thioether (sulfide) groups is 1. The quantitative estimate of drug-likeness (QED) is 0.626. The molecule has 0 aromatic rings. The van der Waals surface area contributed by atoms with E-state index in [4.69, 9.17) is 10.5 Å². The highest BCUT2D eigenvalue weighted by Crippen LogP contribution is 2.26. The Morgan fingerprint density at radius 1 is 1.83 bits per heavy atom. The van der Waals surface area contributed by atoms with Crippen LogP contribution in [0.3, 0.4) is 0 Å². The first-order valence-electron chi connectivity index (χ1n) is 3.71. The van der Waals surface area contributed by atoms with E-state index in [2.05, 4.69) is 5.32 Å². The molecular formula is C7H12N2O2S. The van der Waals surface area contributed by atoms with Crippen molar-refractivity contribution in [1.82, 2.24) is 5.32 Å². The molecule has 0 bridgehead atoms. The van der Waals surface area contributed by atoms with Crippen LogP contribution in [0.1, 0.15) is 13.3 Å². The minimum atomic E-state index is -0.702. The molecule has 0 spiro atoms. The lowest BCUT2D eigenvalue weighted by Gasteiger charge is -2.21. The van der Waals surface area contributed by atoms with Crippen molar-refractivity contribution in [3.05, 3.63) is 11.6 Å². The van der Waals surface area contributed by atoms with E-state index in [1.54, 1.807) is 13.1 Å². The number of hydrogen-bond donors (Lipinski definition) is 2. The highest BCUT2D eigenvalue weighted by atomic mass is 32.2. The number of nitrogens with two attached hydrogens (primary N) is 1. The molecule has 0 amide bonds. The van der Waals surface area contributed by atoms with Gasteiger partial charge in [0.1, 0.15) is 4.99 Å². The molecule has 1 heterocycles. The standard InChI is InChI=1S/C7H12N2O2S/c1-2-11-6(10)5-7(8)9-3-4-12-7/h3-4,9H,2,5,8H2,1H3. The van der Waals surface area contributed by atoms with E-state index < -0.39 is 4.99 Å². The monoisotopic (exact) mass is 188 g/mol. The number of ether oxygens (including phenoxy) is 1. The molecule has 0 aromatic heterocycles. The molecule has 0 aromatic carbocycles. The summed E-state index contributed by atoms with van der Waals surface area (Å²) in [7, 11) is 0. The SMILES string of the molecule is CCOC(=O)CC1(N)NC=CS1. The van der Waals surface area contributed by atoms with Crippen molar-refractivity contribution in [2.45, 2.75) is 18.3 Å². The number of nitrogens with one attached hydrogen (secondary N) is 1. The van der Waals surface area contributed by atoms with Gasteiger partial charge in [0.25, 0.3) is 0 Å². The highest BCUT2D eigenvalue weighted by molar-refractivity contribution is 8.03. The van der Waals surface area contributed by atoms with Gasteiger partial charge in [-0.3, -0.25) is 10.5 Å². The van der Waals surface area contributed by atoms with Crippen LogP contribution in [0.5, 0.6) is 0 Å². The zero-order chi connectivity index (χ0) is 9.03. The fourth-order valence-corrected chi connectivity index (χ4v) is 1.60. The second-order valence-electron chi connectivity index (χ2n) is 2.44. The highest BCUT2D eigenvalue weighted by Gasteiger charge is 2.30. The van der Waals surface area contributed by atoms with Gasteiger partial charge in [0.15, 0.2) is 0 Å². The summed E-state index contributed by atoms with van der Waals surface area (Å²) < 4.78 is 4.77. The number of carbonyl (C=O) groups excluding carboxylic acids is 1. The van der Waals surface area contributed by atoms with Crippen LogP contribution in [0.2, 0.25) is 0 Å². The van der Waals surface area contributed by atoms with Crippen molar-refractivity contribution in [1.29, 1.82) is 0 Å². The van der Waals surface area contributed by atoms with Gasteiger partial charge in [-0.1, -0.05) is 11.8 Å². The van der Waals surface area contributed by atoms with Crippen molar-refractivity contribution < 1.29 is 9.53 Å². The van der Waals surface area contributed by atoms with Crippen molar-refractivity contribution in [3.8, 4) is 0 Å². The fourth-order valence-electron chi connectivity index (χ4n) is 0.884. The van der Waals surface area contributed by atoms with E-state index in [9.17, 15) is 4.79 Å². The molecule has 0 aliphatic carbocycles. The first-order chi connectivity index (χ1) is 5.66. The average Bonchev–Trinajstić information content (AvgIpc) is 2.36.